The van der Waals surface area contributed by atoms with Crippen LogP contribution in [0.3, 0.4) is 0 Å². The van der Waals surface area contributed by atoms with E-state index in [0.717, 1.165) is 12.3 Å². The topological polar surface area (TPSA) is 45.8 Å². The lowest BCUT2D eigenvalue weighted by atomic mass is 10.2. The Morgan fingerprint density at radius 1 is 1.09 bits per heavy atom. The van der Waals surface area contributed by atoms with Crippen LogP contribution in [-0.4, -0.2) is 34.9 Å². The lowest BCUT2D eigenvalue weighted by molar-refractivity contribution is -0.0576. The minimum absolute atomic E-state index is 0.244. The smallest absolute Gasteiger partial charge is 0.117 e. The van der Waals surface area contributed by atoms with Gasteiger partial charge in [0.15, 0.2) is 0 Å². The Kier molecular flexibility index (Phi) is 6.39. The van der Waals surface area contributed by atoms with E-state index in [1.165, 1.54) is 5.56 Å². The third-order valence-corrected chi connectivity index (χ3v) is 3.39. The zero-order valence-corrected chi connectivity index (χ0v) is 14.2. The van der Waals surface area contributed by atoms with E-state index >= 15 is 0 Å². The molecule has 1 atom stereocenters. The molecule has 4 heteroatoms. The van der Waals surface area contributed by atoms with Crippen molar-refractivity contribution in [1.82, 2.24) is 4.90 Å². The van der Waals surface area contributed by atoms with Crippen LogP contribution in [0.2, 0.25) is 0 Å². The number of hydrogen-bond acceptors (Lipinski definition) is 4. The van der Waals surface area contributed by atoms with Crippen LogP contribution in [0.25, 0.3) is 0 Å². The highest BCUT2D eigenvalue weighted by atomic mass is 16.5. The van der Waals surface area contributed by atoms with Gasteiger partial charge in [-0.1, -0.05) is 30.3 Å². The van der Waals surface area contributed by atoms with Crippen LogP contribution in [0, 0.1) is 0 Å². The molecule has 0 fully saturated rings. The monoisotopic (exact) mass is 317 g/mol. The predicted molar refractivity (Wildman–Crippen MR) is 91.0 cm³/mol. The van der Waals surface area contributed by atoms with Gasteiger partial charge in [0.1, 0.15) is 5.76 Å². The van der Waals surface area contributed by atoms with E-state index in [9.17, 15) is 5.11 Å². The Labute approximate surface area is 138 Å². The molecule has 0 aliphatic rings. The normalized spacial score (nSPS) is 13.4. The molecule has 0 radical (unpaired) electrons. The molecule has 2 rings (SSSR count). The van der Waals surface area contributed by atoms with Gasteiger partial charge in [-0.05, 0) is 38.5 Å². The van der Waals surface area contributed by atoms with Crippen molar-refractivity contribution < 1.29 is 14.3 Å². The molecule has 1 heterocycles. The van der Waals surface area contributed by atoms with Crippen LogP contribution in [0.15, 0.2) is 53.1 Å². The molecule has 4 nitrogen and oxygen atoms in total. The van der Waals surface area contributed by atoms with Gasteiger partial charge in [0, 0.05) is 13.1 Å². The minimum atomic E-state index is -0.534. The number of aliphatic hydroxyl groups is 1. The highest BCUT2D eigenvalue weighted by Gasteiger charge is 2.17. The summed E-state index contributed by atoms with van der Waals surface area (Å²) in [5.74, 6) is 0.893. The van der Waals surface area contributed by atoms with Gasteiger partial charge in [0.05, 0.1) is 31.1 Å². The molecular formula is C19H27NO3. The Bertz CT molecular complexity index is 546. The third-order valence-electron chi connectivity index (χ3n) is 3.39. The maximum Gasteiger partial charge on any atom is 0.117 e. The summed E-state index contributed by atoms with van der Waals surface area (Å²) in [7, 11) is 0. The largest absolute Gasteiger partial charge is 0.468 e. The quantitative estimate of drug-likeness (QED) is 0.810. The van der Waals surface area contributed by atoms with Crippen molar-refractivity contribution >= 4 is 0 Å². The molecule has 1 aromatic carbocycles. The van der Waals surface area contributed by atoms with Gasteiger partial charge in [-0.2, -0.15) is 0 Å². The molecule has 0 spiro atoms. The Morgan fingerprint density at radius 3 is 2.43 bits per heavy atom. The predicted octanol–water partition coefficient (Wildman–Crippen LogP) is 3.46. The summed E-state index contributed by atoms with van der Waals surface area (Å²) in [6.07, 6.45) is 1.14. The van der Waals surface area contributed by atoms with E-state index in [0.29, 0.717) is 19.7 Å². The lowest BCUT2D eigenvalue weighted by Crippen LogP contribution is -2.36. The van der Waals surface area contributed by atoms with Gasteiger partial charge in [-0.25, -0.2) is 0 Å². The van der Waals surface area contributed by atoms with E-state index in [1.807, 2.05) is 51.1 Å². The van der Waals surface area contributed by atoms with Crippen molar-refractivity contribution in [3.8, 4) is 0 Å². The molecule has 0 aliphatic heterocycles. The molecule has 0 amide bonds. The van der Waals surface area contributed by atoms with Crippen molar-refractivity contribution in [3.63, 3.8) is 0 Å². The summed E-state index contributed by atoms with van der Waals surface area (Å²) < 4.78 is 11.1. The second-order valence-corrected chi connectivity index (χ2v) is 6.81. The van der Waals surface area contributed by atoms with Crippen molar-refractivity contribution in [3.05, 3.63) is 60.1 Å². The Hall–Kier alpha value is -1.62. The van der Waals surface area contributed by atoms with Crippen LogP contribution in [0.5, 0.6) is 0 Å². The van der Waals surface area contributed by atoms with Crippen LogP contribution >= 0.6 is 0 Å². The standard InChI is InChI=1S/C19H27NO3/c1-19(2,3)23-15-17(21)13-20(14-18-10-7-11-22-18)12-16-8-5-4-6-9-16/h4-11,17,21H,12-15H2,1-3H3/t17-/m0/s1. The van der Waals surface area contributed by atoms with Crippen molar-refractivity contribution in [2.24, 2.45) is 0 Å². The number of hydrogen-bond donors (Lipinski definition) is 1. The van der Waals surface area contributed by atoms with Gasteiger partial charge in [-0.3, -0.25) is 4.90 Å². The fourth-order valence-corrected chi connectivity index (χ4v) is 2.35. The molecule has 1 aromatic heterocycles. The molecule has 1 N–H and O–H groups in total. The van der Waals surface area contributed by atoms with Crippen LogP contribution in [-0.2, 0) is 17.8 Å². The van der Waals surface area contributed by atoms with Crippen LogP contribution < -0.4 is 0 Å². The molecule has 0 saturated carbocycles. The first-order valence-corrected chi connectivity index (χ1v) is 8.03. The van der Waals surface area contributed by atoms with Crippen LogP contribution in [0.1, 0.15) is 32.1 Å². The maximum atomic E-state index is 10.3. The third kappa shape index (κ3) is 6.99. The minimum Gasteiger partial charge on any atom is -0.468 e. The molecule has 0 bridgehead atoms. The Morgan fingerprint density at radius 2 is 1.83 bits per heavy atom. The van der Waals surface area contributed by atoms with Crippen LogP contribution in [0.4, 0.5) is 0 Å². The second-order valence-electron chi connectivity index (χ2n) is 6.81. The fourth-order valence-electron chi connectivity index (χ4n) is 2.35. The maximum absolute atomic E-state index is 10.3. The van der Waals surface area contributed by atoms with Crippen molar-refractivity contribution in [2.75, 3.05) is 13.2 Å². The molecule has 0 unspecified atom stereocenters. The van der Waals surface area contributed by atoms with Gasteiger partial charge < -0.3 is 14.3 Å². The first-order chi connectivity index (χ1) is 10.9. The summed E-state index contributed by atoms with van der Waals surface area (Å²) >= 11 is 0. The fraction of sp³-hybridized carbons (Fsp3) is 0.474. The Balaban J connectivity index is 1.95. The van der Waals surface area contributed by atoms with Gasteiger partial charge in [-0.15, -0.1) is 0 Å². The summed E-state index contributed by atoms with van der Waals surface area (Å²) in [6.45, 7) is 8.25. The van der Waals surface area contributed by atoms with Gasteiger partial charge in [0.25, 0.3) is 0 Å². The zero-order valence-electron chi connectivity index (χ0n) is 14.2. The van der Waals surface area contributed by atoms with E-state index in [2.05, 4.69) is 17.0 Å². The van der Waals surface area contributed by atoms with E-state index < -0.39 is 6.10 Å². The highest BCUT2D eigenvalue weighted by Crippen LogP contribution is 2.13. The van der Waals surface area contributed by atoms with Crippen molar-refractivity contribution in [2.45, 2.75) is 45.6 Å². The second kappa shape index (κ2) is 8.29. The summed E-state index contributed by atoms with van der Waals surface area (Å²) in [4.78, 5) is 2.17. The SMILES string of the molecule is CC(C)(C)OC[C@@H](O)CN(Cc1ccccc1)Cc1ccco1. The molecule has 2 aromatic rings. The van der Waals surface area contributed by atoms with Crippen molar-refractivity contribution in [1.29, 1.82) is 0 Å². The van der Waals surface area contributed by atoms with E-state index in [4.69, 9.17) is 9.15 Å². The number of ether oxygens (including phenoxy) is 1. The highest BCUT2D eigenvalue weighted by molar-refractivity contribution is 5.14. The number of rotatable bonds is 8. The number of benzene rings is 1. The summed E-state index contributed by atoms with van der Waals surface area (Å²) in [5, 5.41) is 10.3. The average Bonchev–Trinajstić information content (AvgIpc) is 2.98. The number of furan rings is 1. The first kappa shape index (κ1) is 17.7. The first-order valence-electron chi connectivity index (χ1n) is 8.03. The molecule has 23 heavy (non-hydrogen) atoms. The zero-order chi connectivity index (χ0) is 16.7. The molecule has 126 valence electrons. The molecule has 0 saturated heterocycles. The van der Waals surface area contributed by atoms with Gasteiger partial charge >= 0.3 is 0 Å². The summed E-state index contributed by atoms with van der Waals surface area (Å²) in [6, 6.07) is 14.1. The molecule has 0 aliphatic carbocycles. The number of nitrogens with zero attached hydrogens (tertiary/aromatic N) is 1. The van der Waals surface area contributed by atoms with E-state index in [1.54, 1.807) is 6.26 Å². The average molecular weight is 317 g/mol. The molecular weight excluding hydrogens is 290 g/mol. The van der Waals surface area contributed by atoms with E-state index in [-0.39, 0.29) is 5.60 Å². The lowest BCUT2D eigenvalue weighted by Gasteiger charge is -2.27. The van der Waals surface area contributed by atoms with Gasteiger partial charge in [0.2, 0.25) is 0 Å². The number of aliphatic hydroxyl groups excluding tert-OH is 1. The summed E-state index contributed by atoms with van der Waals surface area (Å²) in [5.41, 5.74) is 0.967.